The Kier molecular flexibility index (Phi) is 8.21. The number of likely N-dealkylation sites (tertiary alicyclic amines) is 1. The number of likely N-dealkylation sites (N-methyl/N-ethyl adjacent to an activating group) is 1. The van der Waals surface area contributed by atoms with E-state index in [0.717, 1.165) is 16.0 Å². The van der Waals surface area contributed by atoms with Crippen molar-refractivity contribution in [1.29, 1.82) is 0 Å². The monoisotopic (exact) mass is 527 g/mol. The molecule has 2 aromatic rings. The lowest BCUT2D eigenvalue weighted by molar-refractivity contribution is 0.155. The van der Waals surface area contributed by atoms with Gasteiger partial charge in [-0.1, -0.05) is 19.6 Å². The fourth-order valence-corrected chi connectivity index (χ4v) is 6.34. The van der Waals surface area contributed by atoms with Gasteiger partial charge >= 0.3 is 6.09 Å². The summed E-state index contributed by atoms with van der Waals surface area (Å²) >= 11 is 1.31. The van der Waals surface area contributed by atoms with Crippen LogP contribution in [0.5, 0.6) is 0 Å². The molecule has 3 rings (SSSR count). The van der Waals surface area contributed by atoms with Crippen LogP contribution in [0.1, 0.15) is 12.1 Å². The number of amides is 1. The lowest BCUT2D eigenvalue weighted by Crippen LogP contribution is -2.37. The number of aryl methyl sites for hydroxylation is 1. The van der Waals surface area contributed by atoms with Gasteiger partial charge in [0.25, 0.3) is 10.0 Å². The van der Waals surface area contributed by atoms with Crippen molar-refractivity contribution in [3.8, 4) is 0 Å². The zero-order chi connectivity index (χ0) is 25.1. The fourth-order valence-electron chi connectivity index (χ4n) is 3.70. The van der Waals surface area contributed by atoms with Crippen LogP contribution >= 0.6 is 11.3 Å². The second-order valence-corrected chi connectivity index (χ2v) is 17.7. The summed E-state index contributed by atoms with van der Waals surface area (Å²) < 4.78 is 33.9. The maximum absolute atomic E-state index is 13.5. The lowest BCUT2D eigenvalue weighted by Gasteiger charge is -2.28. The van der Waals surface area contributed by atoms with E-state index in [2.05, 4.69) is 29.6 Å². The molecule has 0 bridgehead atoms. The number of anilines is 2. The van der Waals surface area contributed by atoms with Gasteiger partial charge in [0.2, 0.25) is 0 Å². The van der Waals surface area contributed by atoms with Gasteiger partial charge in [-0.2, -0.15) is 8.42 Å². The third kappa shape index (κ3) is 6.26. The standard InChI is InChI=1S/C21H33N5O5S2Si/c1-16-18(24(2)17-8-9-25(12-17)21(27)28)6-7-20(23-16)33(29,30)26(19-13-32-14-22-19)15-31-10-11-34(3,4)5/h6-7,13-14,17H,8-12,15H2,1-5H3,(H,27,28). The number of carboxylic acid groups (broad SMARTS) is 1. The highest BCUT2D eigenvalue weighted by Gasteiger charge is 2.32. The van der Waals surface area contributed by atoms with Gasteiger partial charge in [-0.3, -0.25) is 0 Å². The number of hydrogen-bond acceptors (Lipinski definition) is 8. The predicted octanol–water partition coefficient (Wildman–Crippen LogP) is 3.54. The first-order chi connectivity index (χ1) is 15.9. The Morgan fingerprint density at radius 1 is 1.35 bits per heavy atom. The van der Waals surface area contributed by atoms with E-state index in [0.29, 0.717) is 37.6 Å². The number of thiazole rings is 1. The molecule has 1 atom stereocenters. The zero-order valence-electron chi connectivity index (χ0n) is 20.3. The molecule has 0 spiro atoms. The van der Waals surface area contributed by atoms with Crippen LogP contribution in [0.3, 0.4) is 0 Å². The number of nitrogens with zero attached hydrogens (tertiary/aromatic N) is 5. The van der Waals surface area contributed by atoms with Gasteiger partial charge in [-0.15, -0.1) is 11.3 Å². The first kappa shape index (κ1) is 26.4. The Hall–Kier alpha value is -2.22. The van der Waals surface area contributed by atoms with E-state index in [-0.39, 0.29) is 17.8 Å². The summed E-state index contributed by atoms with van der Waals surface area (Å²) in [6.07, 6.45) is -0.226. The first-order valence-corrected chi connectivity index (χ1v) is 17.2. The highest BCUT2D eigenvalue weighted by Crippen LogP contribution is 2.28. The molecule has 0 aliphatic carbocycles. The highest BCUT2D eigenvalue weighted by atomic mass is 32.2. The summed E-state index contributed by atoms with van der Waals surface area (Å²) in [5.41, 5.74) is 2.90. The van der Waals surface area contributed by atoms with Crippen molar-refractivity contribution in [3.63, 3.8) is 0 Å². The molecule has 34 heavy (non-hydrogen) atoms. The van der Waals surface area contributed by atoms with Crippen LogP contribution in [0.25, 0.3) is 0 Å². The molecule has 1 aliphatic heterocycles. The number of ether oxygens (including phenoxy) is 1. The summed E-state index contributed by atoms with van der Waals surface area (Å²) in [6.45, 7) is 9.69. The minimum Gasteiger partial charge on any atom is -0.465 e. The van der Waals surface area contributed by atoms with Crippen LogP contribution in [0, 0.1) is 6.92 Å². The topological polar surface area (TPSA) is 116 Å². The number of sulfonamides is 1. The van der Waals surface area contributed by atoms with Gasteiger partial charge in [0.15, 0.2) is 10.8 Å². The van der Waals surface area contributed by atoms with E-state index in [1.165, 1.54) is 22.3 Å². The van der Waals surface area contributed by atoms with E-state index in [4.69, 9.17) is 4.74 Å². The molecule has 1 aliphatic rings. The molecule has 10 nitrogen and oxygen atoms in total. The Morgan fingerprint density at radius 2 is 2.09 bits per heavy atom. The molecule has 0 radical (unpaired) electrons. The van der Waals surface area contributed by atoms with Crippen LogP contribution < -0.4 is 9.21 Å². The van der Waals surface area contributed by atoms with Crippen LogP contribution in [0.4, 0.5) is 16.3 Å². The number of hydrogen-bond donors (Lipinski definition) is 1. The van der Waals surface area contributed by atoms with Gasteiger partial charge in [-0.25, -0.2) is 19.1 Å². The summed E-state index contributed by atoms with van der Waals surface area (Å²) in [5, 5.41) is 10.8. The molecule has 0 aromatic carbocycles. The minimum atomic E-state index is -4.00. The zero-order valence-corrected chi connectivity index (χ0v) is 22.9. The van der Waals surface area contributed by atoms with Gasteiger partial charge in [-0.05, 0) is 31.5 Å². The summed E-state index contributed by atoms with van der Waals surface area (Å²) in [5.74, 6) is 0.304. The molecular weight excluding hydrogens is 494 g/mol. The smallest absolute Gasteiger partial charge is 0.407 e. The molecule has 3 heterocycles. The van der Waals surface area contributed by atoms with Crippen LogP contribution in [-0.4, -0.2) is 82.1 Å². The number of rotatable bonds is 10. The van der Waals surface area contributed by atoms with Crippen molar-refractivity contribution in [1.82, 2.24) is 14.9 Å². The third-order valence-electron chi connectivity index (χ3n) is 5.83. The number of aromatic nitrogens is 2. The van der Waals surface area contributed by atoms with Gasteiger partial charge in [0.1, 0.15) is 6.73 Å². The molecule has 188 valence electrons. The molecule has 1 N–H and O–H groups in total. The van der Waals surface area contributed by atoms with Crippen molar-refractivity contribution >= 4 is 47.0 Å². The number of pyridine rings is 1. The summed E-state index contributed by atoms with van der Waals surface area (Å²) in [7, 11) is -3.43. The summed E-state index contributed by atoms with van der Waals surface area (Å²) in [6, 6.07) is 4.14. The second kappa shape index (κ2) is 10.6. The Morgan fingerprint density at radius 3 is 2.65 bits per heavy atom. The van der Waals surface area contributed by atoms with Crippen LogP contribution in [0.2, 0.25) is 25.7 Å². The average Bonchev–Trinajstić information content (AvgIpc) is 3.44. The van der Waals surface area contributed by atoms with Crippen molar-refractivity contribution in [2.24, 2.45) is 0 Å². The molecule has 1 unspecified atom stereocenters. The van der Waals surface area contributed by atoms with E-state index in [1.807, 2.05) is 11.9 Å². The van der Waals surface area contributed by atoms with E-state index >= 15 is 0 Å². The van der Waals surface area contributed by atoms with Crippen molar-refractivity contribution in [2.75, 3.05) is 42.7 Å². The summed E-state index contributed by atoms with van der Waals surface area (Å²) in [4.78, 5) is 23.2. The molecule has 1 saturated heterocycles. The predicted molar refractivity (Wildman–Crippen MR) is 136 cm³/mol. The van der Waals surface area contributed by atoms with Gasteiger partial charge in [0, 0.05) is 46.2 Å². The van der Waals surface area contributed by atoms with Crippen LogP contribution in [0.15, 0.2) is 28.0 Å². The van der Waals surface area contributed by atoms with E-state index in [9.17, 15) is 18.3 Å². The first-order valence-electron chi connectivity index (χ1n) is 11.1. The Balaban J connectivity index is 1.79. The Bertz CT molecular complexity index is 1090. The Labute approximate surface area is 206 Å². The van der Waals surface area contributed by atoms with E-state index in [1.54, 1.807) is 23.9 Å². The molecule has 2 aromatic heterocycles. The largest absolute Gasteiger partial charge is 0.465 e. The van der Waals surface area contributed by atoms with Crippen molar-refractivity contribution in [3.05, 3.63) is 28.7 Å². The minimum absolute atomic E-state index is 0.00493. The van der Waals surface area contributed by atoms with Gasteiger partial charge in [0.05, 0.1) is 16.9 Å². The third-order valence-corrected chi connectivity index (χ3v) is 9.74. The lowest BCUT2D eigenvalue weighted by atomic mass is 10.2. The van der Waals surface area contributed by atoms with Crippen molar-refractivity contribution in [2.45, 2.75) is 50.1 Å². The fraction of sp³-hybridized carbons (Fsp3) is 0.571. The highest BCUT2D eigenvalue weighted by molar-refractivity contribution is 7.92. The van der Waals surface area contributed by atoms with Crippen LogP contribution in [-0.2, 0) is 14.8 Å². The molecule has 1 fully saturated rings. The van der Waals surface area contributed by atoms with E-state index < -0.39 is 24.2 Å². The molecule has 0 saturated carbocycles. The van der Waals surface area contributed by atoms with Gasteiger partial charge < -0.3 is 19.6 Å². The number of carbonyl (C=O) groups is 1. The average molecular weight is 528 g/mol. The molecule has 13 heteroatoms. The normalized spacial score (nSPS) is 16.6. The maximum atomic E-state index is 13.5. The second-order valence-electron chi connectivity index (χ2n) is 9.58. The molecular formula is C21H33N5O5S2Si. The molecule has 1 amide bonds. The quantitative estimate of drug-likeness (QED) is 0.283. The van der Waals surface area contributed by atoms with Crippen molar-refractivity contribution < 1.29 is 23.1 Å². The maximum Gasteiger partial charge on any atom is 0.407 e. The SMILES string of the molecule is Cc1nc(S(=O)(=O)N(COCC[Si](C)(C)C)c2cscn2)ccc1N(C)C1CCN(C(=O)O)C1.